The zero-order valence-electron chi connectivity index (χ0n) is 19.0. The molecule has 7 rings (SSSR count). The predicted octanol–water partition coefficient (Wildman–Crippen LogP) is 3.77. The molecule has 4 unspecified atom stereocenters. The molecule has 4 atom stereocenters. The standard InChI is InChI=1S/C27H25FN4O2/c1-14-7-8-18-19(11-14)20-12-27(2,23(18)31-24(20)33)25(34)32-26-29-13-22(30-26)17-9-10-21(28)16-6-4-3-5-15(16)17/h3-11,20,22-23H,12-13H2,1-2H3,(H,31,33)(H2,29,30,32,34). The first-order chi connectivity index (χ1) is 16.3. The lowest BCUT2D eigenvalue weighted by atomic mass is 9.61. The molecule has 6 nitrogen and oxygen atoms in total. The van der Waals surface area contributed by atoms with E-state index in [4.69, 9.17) is 4.99 Å². The Morgan fingerprint density at radius 2 is 1.85 bits per heavy atom. The Bertz CT molecular complexity index is 1400. The summed E-state index contributed by atoms with van der Waals surface area (Å²) in [6, 6.07) is 16.0. The number of guanidine groups is 1. The molecule has 4 aliphatic rings. The highest BCUT2D eigenvalue weighted by Gasteiger charge is 2.55. The zero-order chi connectivity index (χ0) is 23.6. The summed E-state index contributed by atoms with van der Waals surface area (Å²) in [6.45, 7) is 4.42. The molecule has 1 aliphatic carbocycles. The second-order valence-electron chi connectivity index (χ2n) is 9.76. The molecule has 3 aliphatic heterocycles. The summed E-state index contributed by atoms with van der Waals surface area (Å²) in [6.07, 6.45) is 0.449. The van der Waals surface area contributed by atoms with E-state index in [0.717, 1.165) is 27.6 Å². The summed E-state index contributed by atoms with van der Waals surface area (Å²) >= 11 is 0. The van der Waals surface area contributed by atoms with E-state index >= 15 is 0 Å². The summed E-state index contributed by atoms with van der Waals surface area (Å²) in [5.74, 6) is -0.396. The normalized spacial score (nSPS) is 27.1. The first-order valence-corrected chi connectivity index (χ1v) is 11.6. The van der Waals surface area contributed by atoms with Gasteiger partial charge in [0.15, 0.2) is 5.96 Å². The van der Waals surface area contributed by atoms with Crippen LogP contribution in [0, 0.1) is 18.2 Å². The van der Waals surface area contributed by atoms with Crippen LogP contribution in [0.2, 0.25) is 0 Å². The molecule has 0 radical (unpaired) electrons. The smallest absolute Gasteiger partial charge is 0.235 e. The molecule has 7 heteroatoms. The van der Waals surface area contributed by atoms with E-state index in [1.807, 2.05) is 44.2 Å². The molecular weight excluding hydrogens is 431 g/mol. The van der Waals surface area contributed by atoms with E-state index in [-0.39, 0.29) is 35.6 Å². The third kappa shape index (κ3) is 3.03. The maximum atomic E-state index is 14.2. The van der Waals surface area contributed by atoms with Crippen molar-refractivity contribution in [2.24, 2.45) is 10.4 Å². The van der Waals surface area contributed by atoms with Crippen LogP contribution < -0.4 is 16.0 Å². The number of hydrogen-bond acceptors (Lipinski definition) is 4. The number of carbonyl (C=O) groups excluding carboxylic acids is 2. The van der Waals surface area contributed by atoms with Crippen molar-refractivity contribution < 1.29 is 14.0 Å². The number of piperidine rings is 1. The average Bonchev–Trinajstić information content (AvgIpc) is 3.28. The molecular formula is C27H25FN4O2. The Kier molecular flexibility index (Phi) is 4.52. The van der Waals surface area contributed by atoms with Gasteiger partial charge in [-0.1, -0.05) is 54.1 Å². The molecule has 3 N–H and O–H groups in total. The molecule has 3 aromatic rings. The van der Waals surface area contributed by atoms with Crippen molar-refractivity contribution in [2.75, 3.05) is 6.54 Å². The van der Waals surface area contributed by atoms with Crippen molar-refractivity contribution in [1.29, 1.82) is 0 Å². The maximum absolute atomic E-state index is 14.2. The van der Waals surface area contributed by atoms with Gasteiger partial charge >= 0.3 is 0 Å². The summed E-state index contributed by atoms with van der Waals surface area (Å²) in [7, 11) is 0. The van der Waals surface area contributed by atoms with Crippen LogP contribution in [0.4, 0.5) is 4.39 Å². The Morgan fingerprint density at radius 3 is 2.68 bits per heavy atom. The lowest BCUT2D eigenvalue weighted by Gasteiger charge is -2.49. The molecule has 2 bridgehead atoms. The lowest BCUT2D eigenvalue weighted by molar-refractivity contribution is -0.139. The highest BCUT2D eigenvalue weighted by Crippen LogP contribution is 2.53. The number of nitrogens with zero attached hydrogens (tertiary/aromatic N) is 1. The van der Waals surface area contributed by atoms with Crippen LogP contribution in [0.3, 0.4) is 0 Å². The molecule has 2 amide bonds. The summed E-state index contributed by atoms with van der Waals surface area (Å²) in [4.78, 5) is 30.8. The number of fused-ring (bicyclic) bond motifs is 3. The third-order valence-corrected chi connectivity index (χ3v) is 7.56. The number of hydrogen-bond donors (Lipinski definition) is 3. The van der Waals surface area contributed by atoms with Gasteiger partial charge in [-0.05, 0) is 48.4 Å². The molecule has 3 heterocycles. The van der Waals surface area contributed by atoms with Crippen molar-refractivity contribution in [3.63, 3.8) is 0 Å². The van der Waals surface area contributed by atoms with E-state index in [2.05, 4.69) is 22.0 Å². The van der Waals surface area contributed by atoms with Crippen molar-refractivity contribution in [2.45, 2.75) is 38.3 Å². The molecule has 0 spiro atoms. The summed E-state index contributed by atoms with van der Waals surface area (Å²) < 4.78 is 14.2. The van der Waals surface area contributed by atoms with Gasteiger partial charge in [0, 0.05) is 11.9 Å². The van der Waals surface area contributed by atoms with Crippen LogP contribution in [0.5, 0.6) is 0 Å². The number of amides is 2. The van der Waals surface area contributed by atoms with Crippen LogP contribution in [0.25, 0.3) is 10.8 Å². The summed E-state index contributed by atoms with van der Waals surface area (Å²) in [5.41, 5.74) is 3.25. The third-order valence-electron chi connectivity index (χ3n) is 7.56. The second-order valence-corrected chi connectivity index (χ2v) is 9.76. The number of benzene rings is 3. The van der Waals surface area contributed by atoms with E-state index < -0.39 is 5.41 Å². The Balaban J connectivity index is 1.27. The van der Waals surface area contributed by atoms with Crippen LogP contribution in [0.1, 0.15) is 53.6 Å². The molecule has 1 fully saturated rings. The van der Waals surface area contributed by atoms with Gasteiger partial charge in [0.1, 0.15) is 5.82 Å². The molecule has 1 saturated heterocycles. The van der Waals surface area contributed by atoms with Crippen molar-refractivity contribution in [3.8, 4) is 0 Å². The zero-order valence-corrected chi connectivity index (χ0v) is 19.0. The number of aryl methyl sites for hydroxylation is 1. The quantitative estimate of drug-likeness (QED) is 0.549. The minimum absolute atomic E-state index is 0.0204. The van der Waals surface area contributed by atoms with E-state index in [9.17, 15) is 14.0 Å². The van der Waals surface area contributed by atoms with Gasteiger partial charge < -0.3 is 10.6 Å². The lowest BCUT2D eigenvalue weighted by Crippen LogP contribution is -2.59. The highest BCUT2D eigenvalue weighted by atomic mass is 19.1. The monoisotopic (exact) mass is 456 g/mol. The summed E-state index contributed by atoms with van der Waals surface area (Å²) in [5, 5.41) is 10.6. The van der Waals surface area contributed by atoms with Crippen LogP contribution in [-0.4, -0.2) is 24.3 Å². The Morgan fingerprint density at radius 1 is 1.09 bits per heavy atom. The maximum Gasteiger partial charge on any atom is 0.235 e. The number of aliphatic imine (C=N–C) groups is 1. The number of rotatable bonds is 2. The highest BCUT2D eigenvalue weighted by molar-refractivity contribution is 6.02. The Hall–Kier alpha value is -3.74. The topological polar surface area (TPSA) is 82.6 Å². The van der Waals surface area contributed by atoms with Crippen molar-refractivity contribution >= 4 is 28.5 Å². The second kappa shape index (κ2) is 7.38. The molecule has 0 saturated carbocycles. The van der Waals surface area contributed by atoms with Gasteiger partial charge in [0.25, 0.3) is 0 Å². The van der Waals surface area contributed by atoms with Gasteiger partial charge in [-0.3, -0.25) is 14.9 Å². The fourth-order valence-electron chi connectivity index (χ4n) is 5.71. The first-order valence-electron chi connectivity index (χ1n) is 11.6. The predicted molar refractivity (Wildman–Crippen MR) is 128 cm³/mol. The SMILES string of the molecule is Cc1ccc2c(c1)C1CC(C)(C(=O)NC3=NC(c4ccc(F)c5ccccc45)CN3)C2NC1=O. The van der Waals surface area contributed by atoms with Gasteiger partial charge in [0.05, 0.1) is 23.4 Å². The van der Waals surface area contributed by atoms with Gasteiger partial charge in [-0.25, -0.2) is 9.38 Å². The number of halogens is 1. The number of nitrogens with one attached hydrogen (secondary N) is 3. The molecule has 172 valence electrons. The van der Waals surface area contributed by atoms with Crippen LogP contribution in [-0.2, 0) is 9.59 Å². The van der Waals surface area contributed by atoms with E-state index in [1.54, 1.807) is 12.1 Å². The molecule has 3 aromatic carbocycles. The fourth-order valence-corrected chi connectivity index (χ4v) is 5.71. The largest absolute Gasteiger partial charge is 0.354 e. The van der Waals surface area contributed by atoms with Gasteiger partial charge in [-0.15, -0.1) is 0 Å². The molecule has 0 aromatic heterocycles. The minimum atomic E-state index is -0.800. The van der Waals surface area contributed by atoms with Crippen LogP contribution in [0.15, 0.2) is 59.6 Å². The van der Waals surface area contributed by atoms with E-state index in [1.165, 1.54) is 6.07 Å². The fraction of sp³-hybridized carbons (Fsp3) is 0.296. The van der Waals surface area contributed by atoms with Gasteiger partial charge in [-0.2, -0.15) is 0 Å². The van der Waals surface area contributed by atoms with Crippen molar-refractivity contribution in [1.82, 2.24) is 16.0 Å². The first kappa shape index (κ1) is 20.8. The average molecular weight is 457 g/mol. The van der Waals surface area contributed by atoms with E-state index in [0.29, 0.717) is 24.3 Å². The van der Waals surface area contributed by atoms with Gasteiger partial charge in [0.2, 0.25) is 11.8 Å². The Labute approximate surface area is 196 Å². The van der Waals surface area contributed by atoms with Crippen LogP contribution >= 0.6 is 0 Å². The molecule has 34 heavy (non-hydrogen) atoms. The minimum Gasteiger partial charge on any atom is -0.354 e. The number of carbonyl (C=O) groups is 2. The van der Waals surface area contributed by atoms with Crippen molar-refractivity contribution in [3.05, 3.63) is 82.7 Å².